The van der Waals surface area contributed by atoms with Crippen LogP contribution in [0.5, 0.6) is 0 Å². The van der Waals surface area contributed by atoms with Gasteiger partial charge in [0, 0.05) is 5.56 Å². The average molecular weight is 288 g/mol. The second kappa shape index (κ2) is 6.10. The fourth-order valence-electron chi connectivity index (χ4n) is 2.21. The summed E-state index contributed by atoms with van der Waals surface area (Å²) < 4.78 is 0. The summed E-state index contributed by atoms with van der Waals surface area (Å²) in [5.74, 6) is 0. The summed E-state index contributed by atoms with van der Waals surface area (Å²) >= 11 is 0. The standard InChI is InChI=1S/C18H16N4/c19-15-10-4-5-12-17(15)21-22-18-14(9-6-11-16(18)20)13-7-2-1-3-8-13/h1-12H,19-20H2. The van der Waals surface area contributed by atoms with Gasteiger partial charge in [0.05, 0.1) is 11.4 Å². The molecule has 0 saturated carbocycles. The third-order valence-corrected chi connectivity index (χ3v) is 3.35. The van der Waals surface area contributed by atoms with Crippen LogP contribution < -0.4 is 11.5 Å². The van der Waals surface area contributed by atoms with E-state index >= 15 is 0 Å². The van der Waals surface area contributed by atoms with Crippen molar-refractivity contribution in [3.8, 4) is 11.1 Å². The van der Waals surface area contributed by atoms with Crippen LogP contribution in [0.4, 0.5) is 22.7 Å². The number of benzene rings is 3. The van der Waals surface area contributed by atoms with Crippen LogP contribution in [-0.2, 0) is 0 Å². The molecule has 0 heterocycles. The van der Waals surface area contributed by atoms with E-state index in [1.165, 1.54) is 0 Å². The molecular weight excluding hydrogens is 272 g/mol. The smallest absolute Gasteiger partial charge is 0.116 e. The van der Waals surface area contributed by atoms with E-state index < -0.39 is 0 Å². The average Bonchev–Trinajstić information content (AvgIpc) is 2.56. The van der Waals surface area contributed by atoms with E-state index in [4.69, 9.17) is 11.5 Å². The van der Waals surface area contributed by atoms with Gasteiger partial charge in [-0.3, -0.25) is 0 Å². The molecule has 4 N–H and O–H groups in total. The predicted octanol–water partition coefficient (Wildman–Crippen LogP) is 4.93. The van der Waals surface area contributed by atoms with E-state index in [-0.39, 0.29) is 0 Å². The van der Waals surface area contributed by atoms with Crippen molar-refractivity contribution in [3.63, 3.8) is 0 Å². The Morgan fingerprint density at radius 1 is 0.591 bits per heavy atom. The van der Waals surface area contributed by atoms with Crippen LogP contribution in [0.15, 0.2) is 83.0 Å². The first-order valence-corrected chi connectivity index (χ1v) is 6.96. The molecule has 0 aliphatic heterocycles. The minimum absolute atomic E-state index is 0.583. The predicted molar refractivity (Wildman–Crippen MR) is 91.3 cm³/mol. The molecule has 22 heavy (non-hydrogen) atoms. The van der Waals surface area contributed by atoms with E-state index in [0.29, 0.717) is 22.7 Å². The summed E-state index contributed by atoms with van der Waals surface area (Å²) in [5, 5.41) is 8.58. The molecule has 108 valence electrons. The highest BCUT2D eigenvalue weighted by atomic mass is 15.1. The van der Waals surface area contributed by atoms with Gasteiger partial charge in [0.15, 0.2) is 0 Å². The second-order valence-electron chi connectivity index (χ2n) is 4.87. The molecule has 0 radical (unpaired) electrons. The Labute approximate surface area is 129 Å². The van der Waals surface area contributed by atoms with Gasteiger partial charge in [-0.15, -0.1) is 10.2 Å². The van der Waals surface area contributed by atoms with Gasteiger partial charge in [0.25, 0.3) is 0 Å². The molecule has 0 aliphatic carbocycles. The lowest BCUT2D eigenvalue weighted by Gasteiger charge is -2.08. The van der Waals surface area contributed by atoms with E-state index in [1.807, 2.05) is 66.7 Å². The summed E-state index contributed by atoms with van der Waals surface area (Å²) in [7, 11) is 0. The van der Waals surface area contributed by atoms with E-state index in [1.54, 1.807) is 6.07 Å². The van der Waals surface area contributed by atoms with Crippen molar-refractivity contribution < 1.29 is 0 Å². The van der Waals surface area contributed by atoms with Gasteiger partial charge >= 0.3 is 0 Å². The Kier molecular flexibility index (Phi) is 3.83. The highest BCUT2D eigenvalue weighted by Gasteiger charge is 2.08. The second-order valence-corrected chi connectivity index (χ2v) is 4.87. The van der Waals surface area contributed by atoms with E-state index in [9.17, 15) is 0 Å². The van der Waals surface area contributed by atoms with E-state index in [2.05, 4.69) is 10.2 Å². The Morgan fingerprint density at radius 3 is 2.05 bits per heavy atom. The fourth-order valence-corrected chi connectivity index (χ4v) is 2.21. The number of para-hydroxylation sites is 1. The minimum Gasteiger partial charge on any atom is -0.397 e. The quantitative estimate of drug-likeness (QED) is 0.529. The molecule has 0 atom stereocenters. The highest BCUT2D eigenvalue weighted by Crippen LogP contribution is 2.36. The molecule has 4 heteroatoms. The Morgan fingerprint density at radius 2 is 1.27 bits per heavy atom. The molecule has 3 rings (SSSR count). The van der Waals surface area contributed by atoms with Gasteiger partial charge in [-0.05, 0) is 23.8 Å². The van der Waals surface area contributed by atoms with Gasteiger partial charge in [0.1, 0.15) is 11.4 Å². The molecule has 0 spiro atoms. The Bertz CT molecular complexity index is 810. The Balaban J connectivity index is 2.06. The number of hydrogen-bond acceptors (Lipinski definition) is 4. The maximum absolute atomic E-state index is 6.08. The maximum Gasteiger partial charge on any atom is 0.116 e. The molecule has 3 aromatic carbocycles. The zero-order valence-electron chi connectivity index (χ0n) is 12.0. The number of nitrogens with zero attached hydrogens (tertiary/aromatic N) is 2. The van der Waals surface area contributed by atoms with Gasteiger partial charge in [-0.2, -0.15) is 0 Å². The lowest BCUT2D eigenvalue weighted by atomic mass is 10.0. The summed E-state index contributed by atoms with van der Waals surface area (Å²) in [6.07, 6.45) is 0. The Hall–Kier alpha value is -3.14. The van der Waals surface area contributed by atoms with E-state index in [0.717, 1.165) is 11.1 Å². The lowest BCUT2D eigenvalue weighted by Crippen LogP contribution is -1.88. The fraction of sp³-hybridized carbons (Fsp3) is 0. The van der Waals surface area contributed by atoms with Gasteiger partial charge in [-0.1, -0.05) is 54.6 Å². The first-order chi connectivity index (χ1) is 10.8. The van der Waals surface area contributed by atoms with Crippen LogP contribution in [-0.4, -0.2) is 0 Å². The summed E-state index contributed by atoms with van der Waals surface area (Å²) in [6, 6.07) is 23.0. The first-order valence-electron chi connectivity index (χ1n) is 6.96. The topological polar surface area (TPSA) is 76.8 Å². The normalized spacial score (nSPS) is 10.9. The number of azo groups is 1. The highest BCUT2D eigenvalue weighted by molar-refractivity contribution is 5.83. The van der Waals surface area contributed by atoms with Crippen molar-refractivity contribution in [1.82, 2.24) is 0 Å². The molecule has 0 aliphatic rings. The summed E-state index contributed by atoms with van der Waals surface area (Å²) in [6.45, 7) is 0. The number of anilines is 2. The van der Waals surface area contributed by atoms with Crippen LogP contribution in [0, 0.1) is 0 Å². The number of nitrogen functional groups attached to an aromatic ring is 2. The zero-order valence-corrected chi connectivity index (χ0v) is 12.0. The molecule has 3 aromatic rings. The van der Waals surface area contributed by atoms with Crippen molar-refractivity contribution in [2.75, 3.05) is 11.5 Å². The molecule has 0 unspecified atom stereocenters. The van der Waals surface area contributed by atoms with Crippen LogP contribution in [0.2, 0.25) is 0 Å². The van der Waals surface area contributed by atoms with Crippen LogP contribution in [0.25, 0.3) is 11.1 Å². The molecule has 0 saturated heterocycles. The van der Waals surface area contributed by atoms with Crippen molar-refractivity contribution in [2.45, 2.75) is 0 Å². The van der Waals surface area contributed by atoms with Gasteiger partial charge < -0.3 is 11.5 Å². The SMILES string of the molecule is Nc1ccccc1N=Nc1c(N)cccc1-c1ccccc1. The van der Waals surface area contributed by atoms with Gasteiger partial charge in [0.2, 0.25) is 0 Å². The van der Waals surface area contributed by atoms with Crippen LogP contribution >= 0.6 is 0 Å². The number of hydrogen-bond donors (Lipinski definition) is 2. The largest absolute Gasteiger partial charge is 0.397 e. The molecule has 0 amide bonds. The first kappa shape index (κ1) is 13.8. The number of rotatable bonds is 3. The summed E-state index contributed by atoms with van der Waals surface area (Å²) in [5.41, 5.74) is 16.4. The van der Waals surface area contributed by atoms with Crippen LogP contribution in [0.3, 0.4) is 0 Å². The van der Waals surface area contributed by atoms with Crippen molar-refractivity contribution in [3.05, 3.63) is 72.8 Å². The maximum atomic E-state index is 6.08. The van der Waals surface area contributed by atoms with Crippen molar-refractivity contribution in [1.29, 1.82) is 0 Å². The van der Waals surface area contributed by atoms with Crippen molar-refractivity contribution >= 4 is 22.7 Å². The minimum atomic E-state index is 0.583. The lowest BCUT2D eigenvalue weighted by molar-refractivity contribution is 1.24. The molecular formula is C18H16N4. The zero-order chi connectivity index (χ0) is 15.4. The molecule has 0 bridgehead atoms. The molecule has 0 fully saturated rings. The monoisotopic (exact) mass is 288 g/mol. The van der Waals surface area contributed by atoms with Crippen molar-refractivity contribution in [2.24, 2.45) is 10.2 Å². The van der Waals surface area contributed by atoms with Crippen LogP contribution in [0.1, 0.15) is 0 Å². The third-order valence-electron chi connectivity index (χ3n) is 3.35. The molecule has 4 nitrogen and oxygen atoms in total. The third kappa shape index (κ3) is 2.81. The molecule has 0 aromatic heterocycles. The van der Waals surface area contributed by atoms with Gasteiger partial charge in [-0.25, -0.2) is 0 Å². The number of nitrogens with two attached hydrogens (primary N) is 2. The summed E-state index contributed by atoms with van der Waals surface area (Å²) in [4.78, 5) is 0.